The molecule has 0 saturated carbocycles. The number of amides is 1. The lowest BCUT2D eigenvalue weighted by molar-refractivity contribution is -0.118. The van der Waals surface area contributed by atoms with Crippen LogP contribution in [0.4, 0.5) is 15.8 Å². The van der Waals surface area contributed by atoms with E-state index in [-0.39, 0.29) is 30.4 Å². The standard InChI is InChI=1S/C32H25FN4O3S/c33-22-11-9-21(10-12-22)27-17-18-28(40-27)31-30(26-8-4-5-19-34-26)36-32(41)37(31)24-15-13-23(14-16-24)35-29(38)20-39-25-6-2-1-3-7-25/h1-19,30-31H,20H2,(H,35,38)(H,36,41)/t30-,31-/m1/s1. The number of rotatable bonds is 8. The Kier molecular flexibility index (Phi) is 7.42. The van der Waals surface area contributed by atoms with E-state index in [0.717, 1.165) is 16.9 Å². The summed E-state index contributed by atoms with van der Waals surface area (Å²) in [7, 11) is 0. The molecule has 3 aromatic carbocycles. The van der Waals surface area contributed by atoms with E-state index in [1.807, 2.05) is 77.7 Å². The fourth-order valence-corrected chi connectivity index (χ4v) is 5.12. The number of carbonyl (C=O) groups excluding carboxylic acids is 1. The van der Waals surface area contributed by atoms with Gasteiger partial charge in [0.25, 0.3) is 5.91 Å². The Morgan fingerprint density at radius 2 is 1.71 bits per heavy atom. The molecule has 0 spiro atoms. The molecule has 2 aromatic heterocycles. The van der Waals surface area contributed by atoms with E-state index in [0.29, 0.717) is 28.1 Å². The Morgan fingerprint density at radius 3 is 2.44 bits per heavy atom. The van der Waals surface area contributed by atoms with Crippen molar-refractivity contribution in [3.63, 3.8) is 0 Å². The number of aromatic nitrogens is 1. The number of nitrogens with zero attached hydrogens (tertiary/aromatic N) is 2. The van der Waals surface area contributed by atoms with Crippen molar-refractivity contribution in [2.24, 2.45) is 0 Å². The van der Waals surface area contributed by atoms with Gasteiger partial charge >= 0.3 is 0 Å². The van der Waals surface area contributed by atoms with Crippen LogP contribution in [0.15, 0.2) is 120 Å². The lowest BCUT2D eigenvalue weighted by atomic mass is 10.0. The fourth-order valence-electron chi connectivity index (χ4n) is 4.77. The Balaban J connectivity index is 1.25. The lowest BCUT2D eigenvalue weighted by Gasteiger charge is -2.26. The van der Waals surface area contributed by atoms with Gasteiger partial charge in [-0.3, -0.25) is 9.78 Å². The maximum Gasteiger partial charge on any atom is 0.262 e. The number of para-hydroxylation sites is 1. The molecule has 0 aliphatic carbocycles. The highest BCUT2D eigenvalue weighted by atomic mass is 32.1. The maximum absolute atomic E-state index is 13.5. The summed E-state index contributed by atoms with van der Waals surface area (Å²) in [5.74, 6) is 1.34. The van der Waals surface area contributed by atoms with Gasteiger partial charge < -0.3 is 24.7 Å². The number of nitrogens with one attached hydrogen (secondary N) is 2. The minimum absolute atomic E-state index is 0.103. The number of pyridine rings is 1. The lowest BCUT2D eigenvalue weighted by Crippen LogP contribution is -2.29. The van der Waals surface area contributed by atoms with Crippen LogP contribution in [0.3, 0.4) is 0 Å². The van der Waals surface area contributed by atoms with Gasteiger partial charge in [-0.05, 0) is 97.1 Å². The van der Waals surface area contributed by atoms with Gasteiger partial charge in [-0.25, -0.2) is 4.39 Å². The second kappa shape index (κ2) is 11.6. The molecule has 0 unspecified atom stereocenters. The van der Waals surface area contributed by atoms with Gasteiger partial charge in [-0.2, -0.15) is 0 Å². The average molecular weight is 565 g/mol. The Bertz CT molecular complexity index is 1640. The minimum Gasteiger partial charge on any atom is -0.484 e. The van der Waals surface area contributed by atoms with Crippen molar-refractivity contribution >= 4 is 34.6 Å². The molecule has 2 atom stereocenters. The summed E-state index contributed by atoms with van der Waals surface area (Å²) in [6.07, 6.45) is 1.74. The molecule has 204 valence electrons. The van der Waals surface area contributed by atoms with Crippen molar-refractivity contribution < 1.29 is 18.3 Å². The molecular weight excluding hydrogens is 539 g/mol. The van der Waals surface area contributed by atoms with Crippen molar-refractivity contribution in [1.82, 2.24) is 10.3 Å². The first-order chi connectivity index (χ1) is 20.0. The second-order valence-corrected chi connectivity index (χ2v) is 9.79. The molecule has 0 radical (unpaired) electrons. The van der Waals surface area contributed by atoms with Crippen molar-refractivity contribution in [1.29, 1.82) is 0 Å². The molecule has 6 rings (SSSR count). The van der Waals surface area contributed by atoms with E-state index in [4.69, 9.17) is 21.4 Å². The normalized spacial score (nSPS) is 16.3. The first kappa shape index (κ1) is 26.2. The number of hydrogen-bond donors (Lipinski definition) is 2. The van der Waals surface area contributed by atoms with Crippen LogP contribution in [0.5, 0.6) is 5.75 Å². The summed E-state index contributed by atoms with van der Waals surface area (Å²) >= 11 is 5.79. The molecule has 5 aromatic rings. The van der Waals surface area contributed by atoms with E-state index in [1.165, 1.54) is 12.1 Å². The Morgan fingerprint density at radius 1 is 0.951 bits per heavy atom. The van der Waals surface area contributed by atoms with Crippen LogP contribution in [-0.4, -0.2) is 22.6 Å². The van der Waals surface area contributed by atoms with E-state index in [9.17, 15) is 9.18 Å². The zero-order chi connectivity index (χ0) is 28.2. The minimum atomic E-state index is -0.355. The third-order valence-electron chi connectivity index (χ3n) is 6.69. The van der Waals surface area contributed by atoms with Crippen molar-refractivity contribution in [2.45, 2.75) is 12.1 Å². The monoisotopic (exact) mass is 564 g/mol. The van der Waals surface area contributed by atoms with Gasteiger partial charge in [0.2, 0.25) is 0 Å². The van der Waals surface area contributed by atoms with Crippen LogP contribution in [-0.2, 0) is 4.79 Å². The molecule has 41 heavy (non-hydrogen) atoms. The molecular formula is C32H25FN4O3S. The SMILES string of the molecule is O=C(COc1ccccc1)Nc1ccc(N2C(=S)N[C@H](c3ccccn3)[C@H]2c2ccc(-c3ccc(F)cc3)o2)cc1. The molecule has 1 aliphatic rings. The first-order valence-corrected chi connectivity index (χ1v) is 13.4. The van der Waals surface area contributed by atoms with Crippen molar-refractivity contribution in [3.05, 3.63) is 133 Å². The molecule has 7 nitrogen and oxygen atoms in total. The van der Waals surface area contributed by atoms with E-state index in [2.05, 4.69) is 15.6 Å². The number of carbonyl (C=O) groups is 1. The summed E-state index contributed by atoms with van der Waals surface area (Å²) in [5, 5.41) is 6.77. The van der Waals surface area contributed by atoms with Gasteiger partial charge in [-0.1, -0.05) is 24.3 Å². The van der Waals surface area contributed by atoms with Crippen LogP contribution >= 0.6 is 12.2 Å². The predicted octanol–water partition coefficient (Wildman–Crippen LogP) is 6.68. The Hall–Kier alpha value is -5.02. The summed E-state index contributed by atoms with van der Waals surface area (Å²) in [6.45, 7) is -0.103. The average Bonchev–Trinajstić information content (AvgIpc) is 3.63. The third-order valence-corrected chi connectivity index (χ3v) is 7.00. The largest absolute Gasteiger partial charge is 0.484 e. The summed E-state index contributed by atoms with van der Waals surface area (Å²) < 4.78 is 25.3. The van der Waals surface area contributed by atoms with Crippen LogP contribution in [0.2, 0.25) is 0 Å². The maximum atomic E-state index is 13.5. The molecule has 9 heteroatoms. The molecule has 3 heterocycles. The zero-order valence-electron chi connectivity index (χ0n) is 21.7. The predicted molar refractivity (Wildman–Crippen MR) is 159 cm³/mol. The molecule has 1 fully saturated rings. The molecule has 1 saturated heterocycles. The van der Waals surface area contributed by atoms with Crippen LogP contribution in [0, 0.1) is 5.82 Å². The van der Waals surface area contributed by atoms with Crippen molar-refractivity contribution in [3.8, 4) is 17.1 Å². The molecule has 0 bridgehead atoms. The van der Waals surface area contributed by atoms with Crippen molar-refractivity contribution in [2.75, 3.05) is 16.8 Å². The molecule has 2 N–H and O–H groups in total. The first-order valence-electron chi connectivity index (χ1n) is 13.0. The molecule has 1 aliphatic heterocycles. The van der Waals surface area contributed by atoms with E-state index in [1.54, 1.807) is 30.5 Å². The van der Waals surface area contributed by atoms with Gasteiger partial charge in [0.15, 0.2) is 11.7 Å². The summed E-state index contributed by atoms with van der Waals surface area (Å²) in [4.78, 5) is 19.0. The number of anilines is 2. The quantitative estimate of drug-likeness (QED) is 0.204. The van der Waals surface area contributed by atoms with Gasteiger partial charge in [0.1, 0.15) is 29.1 Å². The fraction of sp³-hybridized carbons (Fsp3) is 0.0938. The highest BCUT2D eigenvalue weighted by Crippen LogP contribution is 2.43. The summed E-state index contributed by atoms with van der Waals surface area (Å²) in [5.41, 5.74) is 3.01. The smallest absolute Gasteiger partial charge is 0.262 e. The highest BCUT2D eigenvalue weighted by Gasteiger charge is 2.42. The number of ether oxygens (including phenoxy) is 1. The third kappa shape index (κ3) is 5.80. The van der Waals surface area contributed by atoms with E-state index < -0.39 is 0 Å². The zero-order valence-corrected chi connectivity index (χ0v) is 22.6. The number of benzene rings is 3. The van der Waals surface area contributed by atoms with Gasteiger partial charge in [0.05, 0.1) is 11.7 Å². The summed E-state index contributed by atoms with van der Waals surface area (Å²) in [6, 6.07) is 31.6. The van der Waals surface area contributed by atoms with Crippen LogP contribution in [0.1, 0.15) is 23.5 Å². The number of furan rings is 1. The number of thiocarbonyl (C=S) groups is 1. The van der Waals surface area contributed by atoms with E-state index >= 15 is 0 Å². The number of halogens is 1. The second-order valence-electron chi connectivity index (χ2n) is 9.40. The Labute approximate surface area is 241 Å². The van der Waals surface area contributed by atoms with Crippen LogP contribution < -0.4 is 20.3 Å². The van der Waals surface area contributed by atoms with Gasteiger partial charge in [0, 0.05) is 23.1 Å². The topological polar surface area (TPSA) is 79.6 Å². The highest BCUT2D eigenvalue weighted by molar-refractivity contribution is 7.80. The van der Waals surface area contributed by atoms with Crippen LogP contribution in [0.25, 0.3) is 11.3 Å². The molecule has 1 amide bonds. The van der Waals surface area contributed by atoms with Gasteiger partial charge in [-0.15, -0.1) is 0 Å². The number of hydrogen-bond acceptors (Lipinski definition) is 5.